The van der Waals surface area contributed by atoms with E-state index in [0.717, 1.165) is 56.8 Å². The lowest BCUT2D eigenvalue weighted by atomic mass is 9.97. The van der Waals surface area contributed by atoms with Crippen LogP contribution in [0.1, 0.15) is 38.3 Å². The van der Waals surface area contributed by atoms with Crippen molar-refractivity contribution in [2.24, 2.45) is 5.92 Å². The summed E-state index contributed by atoms with van der Waals surface area (Å²) < 4.78 is 0. The minimum absolute atomic E-state index is 0.0795. The zero-order valence-corrected chi connectivity index (χ0v) is 12.4. The molecule has 2 rings (SSSR count). The molecule has 1 N–H and O–H groups in total. The molecule has 0 saturated carbocycles. The van der Waals surface area contributed by atoms with Crippen LogP contribution in [0.3, 0.4) is 0 Å². The number of carbonyl (C=O) groups is 1. The van der Waals surface area contributed by atoms with Crippen LogP contribution < -0.4 is 10.2 Å². The Balaban J connectivity index is 1.93. The standard InChI is InChI=1S/C15H24N4O/c1-3-4-7-16-15(20)13-6-5-8-19(10-13)14-9-12(2)17-11-18-14/h9,11,13H,3-8,10H2,1-2H3,(H,16,20). The molecule has 5 heteroatoms. The van der Waals surface area contributed by atoms with Crippen LogP contribution in [-0.2, 0) is 4.79 Å². The maximum absolute atomic E-state index is 12.1. The van der Waals surface area contributed by atoms with Crippen molar-refractivity contribution in [1.29, 1.82) is 0 Å². The lowest BCUT2D eigenvalue weighted by molar-refractivity contribution is -0.125. The number of amides is 1. The van der Waals surface area contributed by atoms with Gasteiger partial charge in [0.2, 0.25) is 5.91 Å². The van der Waals surface area contributed by atoms with Gasteiger partial charge in [-0.2, -0.15) is 0 Å². The summed E-state index contributed by atoms with van der Waals surface area (Å²) in [7, 11) is 0. The van der Waals surface area contributed by atoms with Gasteiger partial charge in [-0.1, -0.05) is 13.3 Å². The molecule has 0 aromatic carbocycles. The molecule has 1 amide bonds. The molecule has 0 spiro atoms. The van der Waals surface area contributed by atoms with E-state index in [2.05, 4.69) is 27.1 Å². The number of aromatic nitrogens is 2. The fourth-order valence-electron chi connectivity index (χ4n) is 2.55. The Labute approximate surface area is 120 Å². The highest BCUT2D eigenvalue weighted by Gasteiger charge is 2.26. The van der Waals surface area contributed by atoms with Gasteiger partial charge >= 0.3 is 0 Å². The van der Waals surface area contributed by atoms with Crippen LogP contribution in [0.25, 0.3) is 0 Å². The molecule has 1 aromatic rings. The first-order valence-electron chi connectivity index (χ1n) is 7.52. The van der Waals surface area contributed by atoms with Crippen molar-refractivity contribution in [1.82, 2.24) is 15.3 Å². The molecule has 0 radical (unpaired) electrons. The van der Waals surface area contributed by atoms with Crippen LogP contribution >= 0.6 is 0 Å². The summed E-state index contributed by atoms with van der Waals surface area (Å²) in [5, 5.41) is 3.04. The topological polar surface area (TPSA) is 58.1 Å². The number of anilines is 1. The highest BCUT2D eigenvalue weighted by atomic mass is 16.1. The molecular weight excluding hydrogens is 252 g/mol. The van der Waals surface area contributed by atoms with E-state index in [0.29, 0.717) is 0 Å². The Kier molecular flexibility index (Phi) is 5.32. The number of nitrogens with one attached hydrogen (secondary N) is 1. The highest BCUT2D eigenvalue weighted by Crippen LogP contribution is 2.21. The van der Waals surface area contributed by atoms with Crippen molar-refractivity contribution in [2.45, 2.75) is 39.5 Å². The van der Waals surface area contributed by atoms with Crippen LogP contribution in [-0.4, -0.2) is 35.5 Å². The maximum atomic E-state index is 12.1. The number of unbranched alkanes of at least 4 members (excludes halogenated alkanes) is 1. The minimum Gasteiger partial charge on any atom is -0.356 e. The highest BCUT2D eigenvalue weighted by molar-refractivity contribution is 5.79. The fraction of sp³-hybridized carbons (Fsp3) is 0.667. The summed E-state index contributed by atoms with van der Waals surface area (Å²) in [6.07, 6.45) is 5.76. The van der Waals surface area contributed by atoms with E-state index >= 15 is 0 Å². The van der Waals surface area contributed by atoms with Gasteiger partial charge in [0, 0.05) is 31.4 Å². The summed E-state index contributed by atoms with van der Waals surface area (Å²) in [5.74, 6) is 1.20. The SMILES string of the molecule is CCCCNC(=O)C1CCCN(c2cc(C)ncn2)C1. The van der Waals surface area contributed by atoms with E-state index in [1.54, 1.807) is 6.33 Å². The zero-order chi connectivity index (χ0) is 14.4. The van der Waals surface area contributed by atoms with Crippen LogP contribution in [0, 0.1) is 12.8 Å². The van der Waals surface area contributed by atoms with Crippen molar-refractivity contribution in [3.8, 4) is 0 Å². The van der Waals surface area contributed by atoms with Gasteiger partial charge < -0.3 is 10.2 Å². The van der Waals surface area contributed by atoms with E-state index in [1.165, 1.54) is 0 Å². The summed E-state index contributed by atoms with van der Waals surface area (Å²) in [6.45, 7) is 6.61. The Morgan fingerprint density at radius 1 is 1.50 bits per heavy atom. The molecule has 2 heterocycles. The summed E-state index contributed by atoms with van der Waals surface area (Å²) in [4.78, 5) is 22.8. The summed E-state index contributed by atoms with van der Waals surface area (Å²) >= 11 is 0. The smallest absolute Gasteiger partial charge is 0.224 e. The monoisotopic (exact) mass is 276 g/mol. The molecule has 110 valence electrons. The van der Waals surface area contributed by atoms with Crippen LogP contribution in [0.5, 0.6) is 0 Å². The number of hydrogen-bond donors (Lipinski definition) is 1. The van der Waals surface area contributed by atoms with Crippen molar-refractivity contribution in [2.75, 3.05) is 24.5 Å². The predicted molar refractivity (Wildman–Crippen MR) is 79.6 cm³/mol. The van der Waals surface area contributed by atoms with Crippen LogP contribution in [0.2, 0.25) is 0 Å². The molecule has 1 atom stereocenters. The molecule has 1 aliphatic heterocycles. The normalized spacial score (nSPS) is 18.9. The van der Waals surface area contributed by atoms with Crippen molar-refractivity contribution in [3.05, 3.63) is 18.1 Å². The molecule has 5 nitrogen and oxygen atoms in total. The Morgan fingerprint density at radius 2 is 2.35 bits per heavy atom. The van der Waals surface area contributed by atoms with Gasteiger partial charge in [0.25, 0.3) is 0 Å². The fourth-order valence-corrected chi connectivity index (χ4v) is 2.55. The van der Waals surface area contributed by atoms with Gasteiger partial charge in [0.05, 0.1) is 5.92 Å². The molecule has 1 unspecified atom stereocenters. The molecule has 0 aliphatic carbocycles. The molecule has 20 heavy (non-hydrogen) atoms. The zero-order valence-electron chi connectivity index (χ0n) is 12.4. The van der Waals surface area contributed by atoms with Gasteiger partial charge in [-0.05, 0) is 26.2 Å². The summed E-state index contributed by atoms with van der Waals surface area (Å²) in [6, 6.07) is 1.98. The number of rotatable bonds is 5. The molecule has 1 aromatic heterocycles. The Hall–Kier alpha value is -1.65. The number of hydrogen-bond acceptors (Lipinski definition) is 4. The van der Waals surface area contributed by atoms with E-state index in [4.69, 9.17) is 0 Å². The van der Waals surface area contributed by atoms with Gasteiger partial charge in [-0.15, -0.1) is 0 Å². The number of nitrogens with zero attached hydrogens (tertiary/aromatic N) is 3. The van der Waals surface area contributed by atoms with E-state index in [9.17, 15) is 4.79 Å². The molecule has 0 bridgehead atoms. The average Bonchev–Trinajstić information content (AvgIpc) is 2.47. The molecule has 1 aliphatic rings. The predicted octanol–water partition coefficient (Wildman–Crippen LogP) is 1.92. The Bertz CT molecular complexity index is 449. The molecule has 1 saturated heterocycles. The minimum atomic E-state index is 0.0795. The Morgan fingerprint density at radius 3 is 3.10 bits per heavy atom. The van der Waals surface area contributed by atoms with E-state index in [1.807, 2.05) is 13.0 Å². The lowest BCUT2D eigenvalue weighted by Crippen LogP contribution is -2.43. The van der Waals surface area contributed by atoms with Crippen molar-refractivity contribution >= 4 is 11.7 Å². The largest absolute Gasteiger partial charge is 0.356 e. The quantitative estimate of drug-likeness (QED) is 0.835. The van der Waals surface area contributed by atoms with Gasteiger partial charge in [0.15, 0.2) is 0 Å². The lowest BCUT2D eigenvalue weighted by Gasteiger charge is -2.32. The summed E-state index contributed by atoms with van der Waals surface area (Å²) in [5.41, 5.74) is 0.963. The van der Waals surface area contributed by atoms with Gasteiger partial charge in [0.1, 0.15) is 12.1 Å². The maximum Gasteiger partial charge on any atom is 0.224 e. The third-order valence-electron chi connectivity index (χ3n) is 3.74. The van der Waals surface area contributed by atoms with Gasteiger partial charge in [-0.3, -0.25) is 4.79 Å². The first-order chi connectivity index (χ1) is 9.70. The van der Waals surface area contributed by atoms with Crippen LogP contribution in [0.4, 0.5) is 5.82 Å². The number of carbonyl (C=O) groups excluding carboxylic acids is 1. The third kappa shape index (κ3) is 3.92. The van der Waals surface area contributed by atoms with Crippen LogP contribution in [0.15, 0.2) is 12.4 Å². The third-order valence-corrected chi connectivity index (χ3v) is 3.74. The second kappa shape index (κ2) is 7.22. The second-order valence-electron chi connectivity index (χ2n) is 5.45. The molecule has 1 fully saturated rings. The van der Waals surface area contributed by atoms with Crippen molar-refractivity contribution in [3.63, 3.8) is 0 Å². The molecular formula is C15H24N4O. The van der Waals surface area contributed by atoms with E-state index < -0.39 is 0 Å². The number of piperidine rings is 1. The number of aryl methyl sites for hydroxylation is 1. The first-order valence-corrected chi connectivity index (χ1v) is 7.52. The second-order valence-corrected chi connectivity index (χ2v) is 5.45. The van der Waals surface area contributed by atoms with E-state index in [-0.39, 0.29) is 11.8 Å². The van der Waals surface area contributed by atoms with Gasteiger partial charge in [-0.25, -0.2) is 9.97 Å². The average molecular weight is 276 g/mol. The van der Waals surface area contributed by atoms with Crippen molar-refractivity contribution < 1.29 is 4.79 Å². The first kappa shape index (κ1) is 14.8.